The summed E-state index contributed by atoms with van der Waals surface area (Å²) in [5.41, 5.74) is 3.47. The van der Waals surface area contributed by atoms with Crippen LogP contribution in [0, 0.1) is 13.8 Å². The minimum Gasteiger partial charge on any atom is -0.458 e. The van der Waals surface area contributed by atoms with Crippen LogP contribution in [-0.4, -0.2) is 48.3 Å². The molecule has 1 saturated heterocycles. The van der Waals surface area contributed by atoms with Gasteiger partial charge in [-0.1, -0.05) is 54.4 Å². The largest absolute Gasteiger partial charge is 0.458 e. The molecule has 1 amide bonds. The first-order valence-electron chi connectivity index (χ1n) is 13.2. The van der Waals surface area contributed by atoms with Crippen LogP contribution in [0.5, 0.6) is 0 Å². The molecule has 36 heavy (non-hydrogen) atoms. The molecule has 0 radical (unpaired) electrons. The summed E-state index contributed by atoms with van der Waals surface area (Å²) < 4.78 is 5.96. The van der Waals surface area contributed by atoms with Gasteiger partial charge in [-0.2, -0.15) is 0 Å². The summed E-state index contributed by atoms with van der Waals surface area (Å²) in [6, 6.07) is 1.92. The minimum atomic E-state index is -0.363. The summed E-state index contributed by atoms with van der Waals surface area (Å²) in [6.07, 6.45) is 15.6. The number of esters is 1. The second-order valence-corrected chi connectivity index (χ2v) is 10.0. The van der Waals surface area contributed by atoms with Gasteiger partial charge in [0.25, 0.3) is 5.91 Å². The number of ether oxygens (including phenoxy) is 1. The summed E-state index contributed by atoms with van der Waals surface area (Å²) in [5, 5.41) is 4.84. The van der Waals surface area contributed by atoms with Crippen molar-refractivity contribution < 1.29 is 19.2 Å². The van der Waals surface area contributed by atoms with Crippen LogP contribution < -0.4 is 0 Å². The van der Waals surface area contributed by atoms with E-state index in [0.29, 0.717) is 34.7 Å². The van der Waals surface area contributed by atoms with Crippen LogP contribution in [0.1, 0.15) is 85.3 Å². The van der Waals surface area contributed by atoms with Crippen LogP contribution in [0.2, 0.25) is 5.02 Å². The van der Waals surface area contributed by atoms with Crippen molar-refractivity contribution in [3.8, 4) is 0 Å². The number of benzene rings is 1. The maximum atomic E-state index is 13.4. The van der Waals surface area contributed by atoms with E-state index in [4.69, 9.17) is 21.2 Å². The fraction of sp³-hybridized carbons (Fsp3) is 0.552. The molecule has 0 saturated carbocycles. The number of nitrogens with zero attached hydrogens (tertiary/aromatic N) is 2. The third-order valence-electron chi connectivity index (χ3n) is 6.64. The third kappa shape index (κ3) is 7.95. The van der Waals surface area contributed by atoms with Gasteiger partial charge in [0, 0.05) is 31.0 Å². The summed E-state index contributed by atoms with van der Waals surface area (Å²) in [6.45, 7) is 7.36. The molecule has 2 aliphatic rings. The quantitative estimate of drug-likeness (QED) is 0.255. The van der Waals surface area contributed by atoms with E-state index in [9.17, 15) is 9.59 Å². The second kappa shape index (κ2) is 14.2. The highest BCUT2D eigenvalue weighted by molar-refractivity contribution is 6.33. The average molecular weight is 515 g/mol. The normalized spacial score (nSPS) is 22.3. The second-order valence-electron chi connectivity index (χ2n) is 9.66. The lowest BCUT2D eigenvalue weighted by Gasteiger charge is -2.26. The van der Waals surface area contributed by atoms with Gasteiger partial charge in [0.1, 0.15) is 6.10 Å². The molecule has 1 aromatic carbocycles. The van der Waals surface area contributed by atoms with Crippen molar-refractivity contribution in [2.24, 2.45) is 5.16 Å². The SMILES string of the molecule is CCCC1C/C=C/CC/C=C/C(=N/OCC(=O)N2CCCCC2)Cc2c(Cl)c(C)cc(C)c2C(=O)O1. The van der Waals surface area contributed by atoms with E-state index in [1.165, 1.54) is 0 Å². The number of carbonyl (C=O) groups is 2. The van der Waals surface area contributed by atoms with Crippen LogP contribution in [0.4, 0.5) is 0 Å². The topological polar surface area (TPSA) is 68.2 Å². The van der Waals surface area contributed by atoms with Crippen molar-refractivity contribution in [2.45, 2.75) is 84.7 Å². The molecule has 0 aromatic heterocycles. The third-order valence-corrected chi connectivity index (χ3v) is 7.17. The Labute approximate surface area is 220 Å². The van der Waals surface area contributed by atoms with E-state index in [1.807, 2.05) is 37.0 Å². The zero-order valence-electron chi connectivity index (χ0n) is 21.9. The molecule has 3 rings (SSSR count). The molecule has 1 fully saturated rings. The Balaban J connectivity index is 1.90. The molecule has 1 aromatic rings. The molecule has 6 nitrogen and oxygen atoms in total. The summed E-state index contributed by atoms with van der Waals surface area (Å²) in [4.78, 5) is 33.3. The number of piperidine rings is 1. The summed E-state index contributed by atoms with van der Waals surface area (Å²) in [5.74, 6) is -0.414. The average Bonchev–Trinajstić information content (AvgIpc) is 2.86. The van der Waals surface area contributed by atoms with E-state index >= 15 is 0 Å². The van der Waals surface area contributed by atoms with Crippen molar-refractivity contribution in [3.63, 3.8) is 0 Å². The van der Waals surface area contributed by atoms with Crippen LogP contribution >= 0.6 is 11.6 Å². The highest BCUT2D eigenvalue weighted by Crippen LogP contribution is 2.30. The first-order valence-corrected chi connectivity index (χ1v) is 13.6. The maximum Gasteiger partial charge on any atom is 0.339 e. The fourth-order valence-electron chi connectivity index (χ4n) is 4.74. The predicted molar refractivity (Wildman–Crippen MR) is 145 cm³/mol. The molecule has 7 heteroatoms. The summed E-state index contributed by atoms with van der Waals surface area (Å²) >= 11 is 6.75. The van der Waals surface area contributed by atoms with Gasteiger partial charge < -0.3 is 14.5 Å². The molecular weight excluding hydrogens is 476 g/mol. The van der Waals surface area contributed by atoms with Crippen molar-refractivity contribution in [1.82, 2.24) is 4.90 Å². The number of allylic oxidation sites excluding steroid dienone is 3. The van der Waals surface area contributed by atoms with E-state index in [-0.39, 0.29) is 24.6 Å². The first-order chi connectivity index (χ1) is 17.4. The van der Waals surface area contributed by atoms with Crippen LogP contribution in [-0.2, 0) is 20.8 Å². The number of fused-ring (bicyclic) bond motifs is 1. The van der Waals surface area contributed by atoms with Gasteiger partial charge >= 0.3 is 5.97 Å². The number of amides is 1. The molecule has 0 bridgehead atoms. The molecule has 0 N–H and O–H groups in total. The molecule has 0 spiro atoms. The van der Waals surface area contributed by atoms with Crippen molar-refractivity contribution in [3.05, 3.63) is 57.6 Å². The van der Waals surface area contributed by atoms with Crippen molar-refractivity contribution in [1.29, 1.82) is 0 Å². The number of oxime groups is 1. The van der Waals surface area contributed by atoms with E-state index < -0.39 is 0 Å². The van der Waals surface area contributed by atoms with Crippen molar-refractivity contribution >= 4 is 29.2 Å². The van der Waals surface area contributed by atoms with E-state index in [0.717, 1.165) is 69.2 Å². The van der Waals surface area contributed by atoms with Gasteiger partial charge in [-0.05, 0) is 75.1 Å². The Morgan fingerprint density at radius 1 is 1.14 bits per heavy atom. The molecule has 2 aliphatic heterocycles. The van der Waals surface area contributed by atoms with Crippen LogP contribution in [0.25, 0.3) is 0 Å². The molecule has 196 valence electrons. The smallest absolute Gasteiger partial charge is 0.339 e. The van der Waals surface area contributed by atoms with Gasteiger partial charge in [0.15, 0.2) is 6.61 Å². The van der Waals surface area contributed by atoms with Gasteiger partial charge in [0.2, 0.25) is 0 Å². The Kier molecular flexibility index (Phi) is 11.1. The number of likely N-dealkylation sites (tertiary alicyclic amines) is 1. The standard InChI is InChI=1S/C29H39ClN2O4/c1-4-13-24-15-10-7-5-6-9-14-23(31-35-20-26(33)32-16-11-8-12-17-32)19-25-27(29(34)36-24)21(2)18-22(3)28(25)30/h7,9-10,14,18,24H,4-6,8,11-13,15-17,19-20H2,1-3H3/b10-7+,14-9+,31-23-. The predicted octanol–water partition coefficient (Wildman–Crippen LogP) is 6.51. The number of halogens is 1. The molecule has 0 aliphatic carbocycles. The first kappa shape index (κ1) is 28.0. The fourth-order valence-corrected chi connectivity index (χ4v) is 4.95. The maximum absolute atomic E-state index is 13.4. The van der Waals surface area contributed by atoms with Gasteiger partial charge in [-0.15, -0.1) is 0 Å². The number of hydrogen-bond donors (Lipinski definition) is 0. The van der Waals surface area contributed by atoms with Crippen LogP contribution in [0.15, 0.2) is 35.5 Å². The lowest BCUT2D eigenvalue weighted by atomic mass is 9.94. The molecular formula is C29H39ClN2O4. The number of rotatable bonds is 5. The van der Waals surface area contributed by atoms with Gasteiger partial charge in [0.05, 0.1) is 11.3 Å². The molecule has 1 unspecified atom stereocenters. The van der Waals surface area contributed by atoms with Gasteiger partial charge in [-0.25, -0.2) is 4.79 Å². The van der Waals surface area contributed by atoms with E-state index in [2.05, 4.69) is 24.2 Å². The minimum absolute atomic E-state index is 0.0512. The Morgan fingerprint density at radius 2 is 1.89 bits per heavy atom. The van der Waals surface area contributed by atoms with Crippen LogP contribution in [0.3, 0.4) is 0 Å². The molecule has 2 heterocycles. The lowest BCUT2D eigenvalue weighted by Crippen LogP contribution is -2.37. The zero-order chi connectivity index (χ0) is 25.9. The number of hydrogen-bond acceptors (Lipinski definition) is 5. The number of carbonyl (C=O) groups excluding carboxylic acids is 2. The Morgan fingerprint density at radius 3 is 2.64 bits per heavy atom. The van der Waals surface area contributed by atoms with Crippen molar-refractivity contribution in [2.75, 3.05) is 19.7 Å². The number of aryl methyl sites for hydroxylation is 2. The highest BCUT2D eigenvalue weighted by atomic mass is 35.5. The Hall–Kier alpha value is -2.60. The lowest BCUT2D eigenvalue weighted by molar-refractivity contribution is -0.137. The Bertz CT molecular complexity index is 1010. The zero-order valence-corrected chi connectivity index (χ0v) is 22.6. The summed E-state index contributed by atoms with van der Waals surface area (Å²) in [7, 11) is 0. The number of cyclic esters (lactones) is 1. The highest BCUT2D eigenvalue weighted by Gasteiger charge is 2.24. The molecule has 1 atom stereocenters. The monoisotopic (exact) mass is 514 g/mol. The van der Waals surface area contributed by atoms with Gasteiger partial charge in [-0.3, -0.25) is 4.79 Å². The van der Waals surface area contributed by atoms with E-state index in [1.54, 1.807) is 0 Å².